The van der Waals surface area contributed by atoms with Gasteiger partial charge in [-0.3, -0.25) is 4.79 Å². The van der Waals surface area contributed by atoms with E-state index in [1.54, 1.807) is 29.7 Å². The van der Waals surface area contributed by atoms with Crippen molar-refractivity contribution in [2.24, 2.45) is 13.0 Å². The van der Waals surface area contributed by atoms with E-state index in [-0.39, 0.29) is 30.1 Å². The molecule has 2 aliphatic rings. The average Bonchev–Trinajstić information content (AvgIpc) is 3.75. The molecule has 6 aromatic rings. The Kier molecular flexibility index (Phi) is 11.7. The molecule has 0 radical (unpaired) electrons. The summed E-state index contributed by atoms with van der Waals surface area (Å²) in [6.45, 7) is 14.2. The van der Waals surface area contributed by atoms with Crippen molar-refractivity contribution in [3.05, 3.63) is 91.7 Å². The van der Waals surface area contributed by atoms with Gasteiger partial charge in [0, 0.05) is 77.2 Å². The number of fused-ring (bicyclic) bond motifs is 4. The summed E-state index contributed by atoms with van der Waals surface area (Å²) in [6, 6.07) is 10.9. The highest BCUT2D eigenvalue weighted by atomic mass is 35.5. The summed E-state index contributed by atoms with van der Waals surface area (Å²) in [6.07, 6.45) is 2.86. The molecule has 8 rings (SSSR count). The van der Waals surface area contributed by atoms with Crippen LogP contribution >= 0.6 is 23.2 Å². The maximum Gasteiger partial charge on any atom is 0.352 e. The molecule has 3 aromatic heterocycles. The van der Waals surface area contributed by atoms with E-state index in [1.807, 2.05) is 65.0 Å². The number of ether oxygens (including phenoxy) is 4. The highest BCUT2D eigenvalue weighted by Crippen LogP contribution is 2.48. The fraction of sp³-hybridized carbons (Fsp3) is 0.404. The monoisotopic (exact) mass is 867 g/mol. The van der Waals surface area contributed by atoms with Gasteiger partial charge in [-0.2, -0.15) is 0 Å². The van der Waals surface area contributed by atoms with E-state index in [0.29, 0.717) is 83.9 Å². The van der Waals surface area contributed by atoms with Gasteiger partial charge in [0.05, 0.1) is 42.1 Å². The second kappa shape index (κ2) is 16.9. The third-order valence-corrected chi connectivity index (χ3v) is 13.1. The molecule has 320 valence electrons. The van der Waals surface area contributed by atoms with Crippen LogP contribution < -0.4 is 19.1 Å². The first kappa shape index (κ1) is 42.4. The van der Waals surface area contributed by atoms with Gasteiger partial charge in [0.25, 0.3) is 5.91 Å². The second-order valence-electron chi connectivity index (χ2n) is 16.4. The molecule has 61 heavy (non-hydrogen) atoms. The van der Waals surface area contributed by atoms with Gasteiger partial charge in [-0.25, -0.2) is 14.8 Å². The Bertz CT molecular complexity index is 2690. The van der Waals surface area contributed by atoms with Crippen LogP contribution in [0.2, 0.25) is 10.0 Å². The Morgan fingerprint density at radius 2 is 1.62 bits per heavy atom. The van der Waals surface area contributed by atoms with Crippen LogP contribution in [0.5, 0.6) is 17.2 Å². The zero-order valence-electron chi connectivity index (χ0n) is 35.9. The molecule has 14 heteroatoms. The number of hydrogen-bond donors (Lipinski definition) is 1. The molecule has 0 bridgehead atoms. The van der Waals surface area contributed by atoms with Gasteiger partial charge < -0.3 is 38.1 Å². The number of aromatic nitrogens is 4. The van der Waals surface area contributed by atoms with Crippen molar-refractivity contribution in [2.75, 3.05) is 45.0 Å². The highest BCUT2D eigenvalue weighted by Gasteiger charge is 2.38. The number of amides is 1. The molecule has 1 amide bonds. The molecular weight excluding hydrogens is 817 g/mol. The summed E-state index contributed by atoms with van der Waals surface area (Å²) in [4.78, 5) is 39.4. The summed E-state index contributed by atoms with van der Waals surface area (Å²) in [5, 5.41) is 13.0. The lowest BCUT2D eigenvalue weighted by Gasteiger charge is -2.35. The lowest BCUT2D eigenvalue weighted by atomic mass is 9.97. The maximum atomic E-state index is 15.6. The first-order valence-electron chi connectivity index (χ1n) is 20.7. The van der Waals surface area contributed by atoms with Crippen molar-refractivity contribution in [2.45, 2.75) is 73.3 Å². The van der Waals surface area contributed by atoms with E-state index < -0.39 is 5.97 Å². The standard InChI is InChI=1S/C47H51Cl2N5O7/c1-24-18-31(19-25(2)41(24)49)60-15-9-10-32-33-11-12-35(48)40(39-27(4)50-29(6)51-28(39)5)43(33)54-26(3)22-53(46(55)44(32)54)36-21-38(61-23-30-13-16-59-17-14-30)45(58-8)34-20-37(47(56)57)52(7)42(34)36/h11-12,18-21,26,30H,9-10,13-17,22-23H2,1-8H3,(H,56,57)/t26-/m1/s1. The van der Waals surface area contributed by atoms with Crippen LogP contribution in [0.4, 0.5) is 5.69 Å². The Morgan fingerprint density at radius 3 is 2.28 bits per heavy atom. The van der Waals surface area contributed by atoms with Crippen molar-refractivity contribution in [1.82, 2.24) is 19.1 Å². The molecule has 1 saturated heterocycles. The van der Waals surface area contributed by atoms with Crippen LogP contribution in [0, 0.1) is 40.5 Å². The Hall–Kier alpha value is -5.30. The molecule has 5 heterocycles. The minimum absolute atomic E-state index is 0.0554. The van der Waals surface area contributed by atoms with Crippen LogP contribution in [0.25, 0.3) is 32.9 Å². The Morgan fingerprint density at radius 1 is 0.934 bits per heavy atom. The number of carboxylic acid groups (broad SMARTS) is 1. The van der Waals surface area contributed by atoms with Crippen LogP contribution in [-0.4, -0.2) is 76.2 Å². The Balaban J connectivity index is 1.29. The van der Waals surface area contributed by atoms with Crippen molar-refractivity contribution >= 4 is 62.6 Å². The molecule has 0 aliphatic carbocycles. The number of anilines is 1. The summed E-state index contributed by atoms with van der Waals surface area (Å²) in [5.41, 5.74) is 8.45. The van der Waals surface area contributed by atoms with E-state index in [1.165, 1.54) is 0 Å². The maximum absolute atomic E-state index is 15.6. The summed E-state index contributed by atoms with van der Waals surface area (Å²) in [7, 11) is 3.25. The predicted molar refractivity (Wildman–Crippen MR) is 239 cm³/mol. The van der Waals surface area contributed by atoms with Gasteiger partial charge in [-0.15, -0.1) is 0 Å². The van der Waals surface area contributed by atoms with Crippen LogP contribution in [0.3, 0.4) is 0 Å². The number of carboxylic acids is 1. The molecular formula is C47H51Cl2N5O7. The molecule has 1 fully saturated rings. The minimum atomic E-state index is -1.10. The lowest BCUT2D eigenvalue weighted by molar-refractivity contribution is 0.0494. The molecule has 3 aromatic carbocycles. The van der Waals surface area contributed by atoms with Gasteiger partial charge in [-0.05, 0) is 114 Å². The van der Waals surface area contributed by atoms with Gasteiger partial charge in [0.1, 0.15) is 23.0 Å². The molecule has 0 spiro atoms. The number of benzene rings is 3. The first-order valence-corrected chi connectivity index (χ1v) is 21.5. The topological polar surface area (TPSA) is 130 Å². The molecule has 2 aliphatic heterocycles. The van der Waals surface area contributed by atoms with E-state index in [4.69, 9.17) is 52.1 Å². The van der Waals surface area contributed by atoms with Crippen LogP contribution in [-0.2, 0) is 18.2 Å². The molecule has 12 nitrogen and oxygen atoms in total. The number of carbonyl (C=O) groups is 2. The van der Waals surface area contributed by atoms with Crippen LogP contribution in [0.1, 0.15) is 87.1 Å². The smallest absolute Gasteiger partial charge is 0.352 e. The SMILES string of the molecule is COc1c(OCC2CCOCC2)cc(N2C[C@@H](C)n3c(c(CCCOc4cc(C)c(Cl)c(C)c4)c4ccc(Cl)c(-c5c(C)nc(C)nc5C)c43)C2=O)c2c1cc(C(=O)O)n2C. The van der Waals surface area contributed by atoms with E-state index in [9.17, 15) is 9.90 Å². The number of rotatable bonds is 12. The van der Waals surface area contributed by atoms with E-state index in [2.05, 4.69) is 11.5 Å². The van der Waals surface area contributed by atoms with Gasteiger partial charge in [0.15, 0.2) is 11.5 Å². The first-order chi connectivity index (χ1) is 29.2. The fourth-order valence-corrected chi connectivity index (χ4v) is 9.73. The Labute approximate surface area is 365 Å². The predicted octanol–water partition coefficient (Wildman–Crippen LogP) is 10.2. The number of halogens is 2. The third kappa shape index (κ3) is 7.57. The van der Waals surface area contributed by atoms with E-state index in [0.717, 1.165) is 73.7 Å². The van der Waals surface area contributed by atoms with Crippen molar-refractivity contribution in [1.29, 1.82) is 0 Å². The quantitative estimate of drug-likeness (QED) is 0.120. The fourth-order valence-electron chi connectivity index (χ4n) is 9.37. The molecule has 0 saturated carbocycles. The number of hydrogen-bond acceptors (Lipinski definition) is 8. The van der Waals surface area contributed by atoms with Gasteiger partial charge >= 0.3 is 5.97 Å². The van der Waals surface area contributed by atoms with Gasteiger partial charge in [0.2, 0.25) is 0 Å². The number of aromatic carboxylic acids is 1. The number of methoxy groups -OCH3 is 1. The number of aryl methyl sites for hydroxylation is 7. The van der Waals surface area contributed by atoms with Crippen molar-refractivity contribution < 1.29 is 33.6 Å². The van der Waals surface area contributed by atoms with E-state index >= 15 is 4.79 Å². The minimum Gasteiger partial charge on any atom is -0.494 e. The normalized spacial score (nSPS) is 15.8. The average molecular weight is 869 g/mol. The molecule has 0 unspecified atom stereocenters. The number of nitrogens with zero attached hydrogens (tertiary/aromatic N) is 5. The number of carbonyl (C=O) groups excluding carboxylic acids is 1. The zero-order chi connectivity index (χ0) is 43.4. The summed E-state index contributed by atoms with van der Waals surface area (Å²) < 4.78 is 28.1. The molecule has 1 N–H and O–H groups in total. The van der Waals surface area contributed by atoms with Crippen molar-refractivity contribution in [3.63, 3.8) is 0 Å². The lowest BCUT2D eigenvalue weighted by Crippen LogP contribution is -2.43. The summed E-state index contributed by atoms with van der Waals surface area (Å²) >= 11 is 13.6. The summed E-state index contributed by atoms with van der Waals surface area (Å²) in [5.74, 6) is 1.21. The highest BCUT2D eigenvalue weighted by molar-refractivity contribution is 6.35. The largest absolute Gasteiger partial charge is 0.494 e. The zero-order valence-corrected chi connectivity index (χ0v) is 37.4. The molecule has 1 atom stereocenters. The van der Waals surface area contributed by atoms with Crippen molar-refractivity contribution in [3.8, 4) is 28.4 Å². The second-order valence-corrected chi connectivity index (χ2v) is 17.2. The van der Waals surface area contributed by atoms with Crippen LogP contribution in [0.15, 0.2) is 36.4 Å². The van der Waals surface area contributed by atoms with Gasteiger partial charge in [-0.1, -0.05) is 29.3 Å². The third-order valence-electron chi connectivity index (χ3n) is 12.2.